The maximum Gasteiger partial charge on any atom is 0.308 e. The van der Waals surface area contributed by atoms with Gasteiger partial charge in [-0.3, -0.25) is 14.6 Å². The molecule has 108 valence electrons. The van der Waals surface area contributed by atoms with Crippen molar-refractivity contribution in [3.63, 3.8) is 0 Å². The van der Waals surface area contributed by atoms with Gasteiger partial charge in [-0.2, -0.15) is 0 Å². The molecule has 1 unspecified atom stereocenters. The van der Waals surface area contributed by atoms with E-state index in [1.807, 2.05) is 13.8 Å². The number of amides is 1. The van der Waals surface area contributed by atoms with E-state index >= 15 is 0 Å². The smallest absolute Gasteiger partial charge is 0.308 e. The van der Waals surface area contributed by atoms with E-state index < -0.39 is 11.9 Å². The summed E-state index contributed by atoms with van der Waals surface area (Å²) in [4.78, 5) is 28.6. The first-order chi connectivity index (χ1) is 9.43. The van der Waals surface area contributed by atoms with E-state index in [-0.39, 0.29) is 18.9 Å². The highest BCUT2D eigenvalue weighted by molar-refractivity contribution is 5.86. The second-order valence-corrected chi connectivity index (χ2v) is 5.06. The van der Waals surface area contributed by atoms with Gasteiger partial charge >= 0.3 is 5.97 Å². The van der Waals surface area contributed by atoms with Gasteiger partial charge in [-0.1, -0.05) is 0 Å². The predicted octanol–water partition coefficient (Wildman–Crippen LogP) is 1.14. The molecule has 0 aliphatic carbocycles. The molecule has 1 fully saturated rings. The molecule has 1 amide bonds. The molecule has 20 heavy (non-hydrogen) atoms. The number of methoxy groups -OCH3 is 1. The van der Waals surface area contributed by atoms with Crippen molar-refractivity contribution in [2.45, 2.75) is 26.8 Å². The lowest BCUT2D eigenvalue weighted by Gasteiger charge is -2.18. The zero-order valence-electron chi connectivity index (χ0n) is 11.8. The van der Waals surface area contributed by atoms with Crippen LogP contribution < -0.4 is 4.74 Å². The molecule has 0 saturated carbocycles. The monoisotopic (exact) mass is 278 g/mol. The summed E-state index contributed by atoms with van der Waals surface area (Å²) < 4.78 is 5.33. The summed E-state index contributed by atoms with van der Waals surface area (Å²) in [5.74, 6) is -0.920. The van der Waals surface area contributed by atoms with Crippen molar-refractivity contribution in [3.05, 3.63) is 23.0 Å². The highest BCUT2D eigenvalue weighted by atomic mass is 16.5. The fourth-order valence-corrected chi connectivity index (χ4v) is 2.50. The third-order valence-electron chi connectivity index (χ3n) is 3.65. The number of carboxylic acids is 1. The molecule has 2 heterocycles. The van der Waals surface area contributed by atoms with E-state index in [0.29, 0.717) is 6.54 Å². The third kappa shape index (κ3) is 2.59. The lowest BCUT2D eigenvalue weighted by Crippen LogP contribution is -2.26. The number of carbonyl (C=O) groups excluding carboxylic acids is 1. The van der Waals surface area contributed by atoms with Crippen molar-refractivity contribution >= 4 is 11.9 Å². The molecule has 0 bridgehead atoms. The molecule has 1 N–H and O–H groups in total. The molecule has 0 spiro atoms. The number of hydrogen-bond acceptors (Lipinski definition) is 4. The number of aromatic nitrogens is 1. The summed E-state index contributed by atoms with van der Waals surface area (Å²) in [6.07, 6.45) is 1.77. The number of carbonyl (C=O) groups is 2. The fourth-order valence-electron chi connectivity index (χ4n) is 2.50. The minimum atomic E-state index is -0.924. The highest BCUT2D eigenvalue weighted by Crippen LogP contribution is 2.26. The van der Waals surface area contributed by atoms with Crippen LogP contribution in [0.15, 0.2) is 6.20 Å². The van der Waals surface area contributed by atoms with E-state index in [0.717, 1.165) is 22.6 Å². The van der Waals surface area contributed by atoms with Crippen molar-refractivity contribution in [1.82, 2.24) is 9.88 Å². The molecule has 1 saturated heterocycles. The minimum Gasteiger partial charge on any atom is -0.496 e. The van der Waals surface area contributed by atoms with Crippen LogP contribution in [0.4, 0.5) is 0 Å². The van der Waals surface area contributed by atoms with Gasteiger partial charge in [0.25, 0.3) is 0 Å². The topological polar surface area (TPSA) is 79.7 Å². The molecule has 6 nitrogen and oxygen atoms in total. The number of aryl methyl sites for hydroxylation is 1. The molecule has 0 radical (unpaired) electrons. The lowest BCUT2D eigenvalue weighted by atomic mass is 10.1. The molecule has 1 atom stereocenters. The Balaban J connectivity index is 2.19. The van der Waals surface area contributed by atoms with Crippen LogP contribution in [0.25, 0.3) is 0 Å². The third-order valence-corrected chi connectivity index (χ3v) is 3.65. The van der Waals surface area contributed by atoms with Gasteiger partial charge in [-0.05, 0) is 13.8 Å². The lowest BCUT2D eigenvalue weighted by molar-refractivity contribution is -0.141. The second kappa shape index (κ2) is 5.48. The molecule has 6 heteroatoms. The van der Waals surface area contributed by atoms with Gasteiger partial charge < -0.3 is 14.7 Å². The van der Waals surface area contributed by atoms with Gasteiger partial charge in [0.2, 0.25) is 5.91 Å². The van der Waals surface area contributed by atoms with E-state index in [1.165, 1.54) is 0 Å². The molecule has 2 rings (SSSR count). The van der Waals surface area contributed by atoms with Gasteiger partial charge in [-0.25, -0.2) is 0 Å². The van der Waals surface area contributed by atoms with Crippen LogP contribution in [0, 0.1) is 19.8 Å². The first kappa shape index (κ1) is 14.3. The van der Waals surface area contributed by atoms with Crippen LogP contribution in [0.3, 0.4) is 0 Å². The maximum atomic E-state index is 11.8. The standard InChI is InChI=1S/C14H18N2O4/c1-8-5-15-11(9(2)13(8)20-3)7-16-6-10(14(18)19)4-12(16)17/h5,10H,4,6-7H2,1-3H3,(H,18,19). The van der Waals surface area contributed by atoms with E-state index in [1.54, 1.807) is 18.2 Å². The quantitative estimate of drug-likeness (QED) is 0.893. The summed E-state index contributed by atoms with van der Waals surface area (Å²) in [5, 5.41) is 8.97. The number of nitrogens with zero attached hydrogens (tertiary/aromatic N) is 2. The molecule has 1 aliphatic rings. The number of likely N-dealkylation sites (tertiary alicyclic amines) is 1. The number of rotatable bonds is 4. The summed E-state index contributed by atoms with van der Waals surface area (Å²) in [5.41, 5.74) is 2.57. The van der Waals surface area contributed by atoms with Crippen LogP contribution in [0.1, 0.15) is 23.2 Å². The average Bonchev–Trinajstić information content (AvgIpc) is 2.75. The average molecular weight is 278 g/mol. The molecular weight excluding hydrogens is 260 g/mol. The van der Waals surface area contributed by atoms with Crippen molar-refractivity contribution in [2.75, 3.05) is 13.7 Å². The maximum absolute atomic E-state index is 11.8. The summed E-state index contributed by atoms with van der Waals surface area (Å²) in [6.45, 7) is 4.37. The van der Waals surface area contributed by atoms with Gasteiger partial charge in [0.15, 0.2) is 0 Å². The van der Waals surface area contributed by atoms with E-state index in [2.05, 4.69) is 4.98 Å². The second-order valence-electron chi connectivity index (χ2n) is 5.06. The Kier molecular flexibility index (Phi) is 3.92. The van der Waals surface area contributed by atoms with Crippen LogP contribution >= 0.6 is 0 Å². The van der Waals surface area contributed by atoms with Crippen LogP contribution in [-0.2, 0) is 16.1 Å². The van der Waals surface area contributed by atoms with Crippen LogP contribution in [-0.4, -0.2) is 40.5 Å². The van der Waals surface area contributed by atoms with Gasteiger partial charge in [0, 0.05) is 30.3 Å². The number of aliphatic carboxylic acids is 1. The number of pyridine rings is 1. The molecule has 1 aliphatic heterocycles. The first-order valence-corrected chi connectivity index (χ1v) is 6.43. The van der Waals surface area contributed by atoms with Crippen LogP contribution in [0.2, 0.25) is 0 Å². The number of hydrogen-bond donors (Lipinski definition) is 1. The molecule has 1 aromatic heterocycles. The van der Waals surface area contributed by atoms with Crippen LogP contribution in [0.5, 0.6) is 5.75 Å². The normalized spacial score (nSPS) is 18.4. The Labute approximate surface area is 117 Å². The zero-order chi connectivity index (χ0) is 14.9. The molecular formula is C14H18N2O4. The Morgan fingerprint density at radius 1 is 1.55 bits per heavy atom. The Morgan fingerprint density at radius 2 is 2.25 bits per heavy atom. The van der Waals surface area contributed by atoms with Gasteiger partial charge in [-0.15, -0.1) is 0 Å². The summed E-state index contributed by atoms with van der Waals surface area (Å²) in [6, 6.07) is 0. The van der Waals surface area contributed by atoms with Crippen molar-refractivity contribution in [1.29, 1.82) is 0 Å². The van der Waals surface area contributed by atoms with Crippen molar-refractivity contribution < 1.29 is 19.4 Å². The number of carboxylic acid groups (broad SMARTS) is 1. The summed E-state index contributed by atoms with van der Waals surface area (Å²) in [7, 11) is 1.60. The Bertz CT molecular complexity index is 556. The molecule has 0 aromatic carbocycles. The van der Waals surface area contributed by atoms with Gasteiger partial charge in [0.05, 0.1) is 25.3 Å². The minimum absolute atomic E-state index is 0.0668. The van der Waals surface area contributed by atoms with Crippen molar-refractivity contribution in [3.8, 4) is 5.75 Å². The molecule has 1 aromatic rings. The van der Waals surface area contributed by atoms with Crippen molar-refractivity contribution in [2.24, 2.45) is 5.92 Å². The Hall–Kier alpha value is -2.11. The van der Waals surface area contributed by atoms with Gasteiger partial charge in [0.1, 0.15) is 5.75 Å². The summed E-state index contributed by atoms with van der Waals surface area (Å²) >= 11 is 0. The SMILES string of the molecule is COc1c(C)cnc(CN2CC(C(=O)O)CC2=O)c1C. The fraction of sp³-hybridized carbons (Fsp3) is 0.500. The van der Waals surface area contributed by atoms with E-state index in [4.69, 9.17) is 9.84 Å². The number of ether oxygens (including phenoxy) is 1. The highest BCUT2D eigenvalue weighted by Gasteiger charge is 2.34. The van der Waals surface area contributed by atoms with E-state index in [9.17, 15) is 9.59 Å². The largest absolute Gasteiger partial charge is 0.496 e. The zero-order valence-corrected chi connectivity index (χ0v) is 11.8. The Morgan fingerprint density at radius 3 is 2.80 bits per heavy atom. The predicted molar refractivity (Wildman–Crippen MR) is 71.4 cm³/mol. The first-order valence-electron chi connectivity index (χ1n) is 6.43.